The number of H-pyrrole nitrogens is 1. The number of fused-ring (bicyclic) bond motifs is 10. The van der Waals surface area contributed by atoms with Crippen LogP contribution in [0.15, 0.2) is 36.5 Å². The van der Waals surface area contributed by atoms with E-state index in [4.69, 9.17) is 5.73 Å². The molecule has 2 aliphatic carbocycles. The van der Waals surface area contributed by atoms with Crippen LogP contribution in [0.5, 0.6) is 0 Å². The van der Waals surface area contributed by atoms with Crippen LogP contribution in [0, 0.1) is 17.8 Å². The van der Waals surface area contributed by atoms with Crippen LogP contribution < -0.4 is 11.1 Å². The molecule has 0 amide bonds. The largest absolute Gasteiger partial charge is 0.382 e. The van der Waals surface area contributed by atoms with E-state index in [9.17, 15) is 0 Å². The molecule has 0 spiro atoms. The van der Waals surface area contributed by atoms with Crippen molar-refractivity contribution >= 4 is 33.3 Å². The summed E-state index contributed by atoms with van der Waals surface area (Å²) in [7, 11) is 1.95. The molecule has 7 rings (SSSR count). The van der Waals surface area contributed by atoms with Gasteiger partial charge in [-0.1, -0.05) is 6.07 Å². The van der Waals surface area contributed by atoms with E-state index in [0.29, 0.717) is 23.7 Å². The minimum absolute atomic E-state index is 0.316. The van der Waals surface area contributed by atoms with Crippen molar-refractivity contribution in [2.75, 3.05) is 11.1 Å². The van der Waals surface area contributed by atoms with Crippen molar-refractivity contribution in [2.24, 2.45) is 24.8 Å². The molecular formula is C23H24N6. The monoisotopic (exact) mass is 384 g/mol. The zero-order valence-electron chi connectivity index (χ0n) is 16.4. The molecular weight excluding hydrogens is 360 g/mol. The molecule has 3 aliphatic rings. The van der Waals surface area contributed by atoms with Crippen molar-refractivity contribution in [2.45, 2.75) is 31.2 Å². The van der Waals surface area contributed by atoms with Crippen molar-refractivity contribution in [3.05, 3.63) is 47.7 Å². The molecule has 146 valence electrons. The molecule has 29 heavy (non-hydrogen) atoms. The van der Waals surface area contributed by atoms with Crippen molar-refractivity contribution in [1.29, 1.82) is 0 Å². The first kappa shape index (κ1) is 15.9. The zero-order valence-corrected chi connectivity index (χ0v) is 16.4. The lowest BCUT2D eigenvalue weighted by Gasteiger charge is -2.43. The SMILES string of the molecule is Cn1nc(N)c2cc([C@@H]3Nc4ccc5[nH]ncc5c4[C@H]4C5CCC(C5)[C@@H]34)ccc21. The van der Waals surface area contributed by atoms with E-state index in [1.807, 2.05) is 17.9 Å². The standard InChI is InChI=1S/C23H24N6/c1-29-18-7-4-13(9-14(18)23(24)28-29)22-20-12-3-2-11(8-12)19(20)21-15-10-25-27-16(15)5-6-17(21)26-22/h4-7,9-12,19-20,22,26H,2-3,8H2,1H3,(H2,24,28)(H,25,27)/t11?,12?,19-,20+,22-/m0/s1. The second kappa shape index (κ2) is 5.32. The molecule has 5 atom stereocenters. The van der Waals surface area contributed by atoms with Gasteiger partial charge in [-0.05, 0) is 78.3 Å². The Labute approximate surface area is 168 Å². The van der Waals surface area contributed by atoms with Crippen LogP contribution >= 0.6 is 0 Å². The minimum atomic E-state index is 0.316. The summed E-state index contributed by atoms with van der Waals surface area (Å²) < 4.78 is 1.87. The minimum Gasteiger partial charge on any atom is -0.382 e. The normalized spacial score (nSPS) is 29.9. The highest BCUT2D eigenvalue weighted by atomic mass is 15.3. The highest BCUT2D eigenvalue weighted by Gasteiger charge is 2.54. The molecule has 2 aromatic heterocycles. The number of nitrogens with one attached hydrogen (secondary N) is 2. The van der Waals surface area contributed by atoms with Crippen LogP contribution in [-0.4, -0.2) is 20.0 Å². The van der Waals surface area contributed by atoms with Crippen LogP contribution in [0.4, 0.5) is 11.5 Å². The van der Waals surface area contributed by atoms with Gasteiger partial charge in [0.05, 0.1) is 23.3 Å². The van der Waals surface area contributed by atoms with E-state index < -0.39 is 0 Å². The summed E-state index contributed by atoms with van der Waals surface area (Å²) in [6, 6.07) is 11.4. The molecule has 2 aromatic carbocycles. The second-order valence-corrected chi connectivity index (χ2v) is 9.20. The maximum absolute atomic E-state index is 6.21. The molecule has 2 saturated carbocycles. The number of aryl methyl sites for hydroxylation is 1. The first-order valence-electron chi connectivity index (χ1n) is 10.6. The Morgan fingerprint density at radius 2 is 2.00 bits per heavy atom. The van der Waals surface area contributed by atoms with Gasteiger partial charge in [0.1, 0.15) is 0 Å². The number of aromatic nitrogens is 4. The summed E-state index contributed by atoms with van der Waals surface area (Å²) in [5, 5.41) is 18.2. The molecule has 6 heteroatoms. The molecule has 2 fully saturated rings. The summed E-state index contributed by atoms with van der Waals surface area (Å²) in [6.07, 6.45) is 6.10. The van der Waals surface area contributed by atoms with E-state index in [1.165, 1.54) is 41.5 Å². The van der Waals surface area contributed by atoms with E-state index in [1.54, 1.807) is 0 Å². The summed E-state index contributed by atoms with van der Waals surface area (Å²) >= 11 is 0. The fourth-order valence-corrected chi connectivity index (χ4v) is 6.84. The molecule has 3 heterocycles. The Morgan fingerprint density at radius 1 is 1.10 bits per heavy atom. The maximum Gasteiger partial charge on any atom is 0.153 e. The van der Waals surface area contributed by atoms with Crippen molar-refractivity contribution in [3.63, 3.8) is 0 Å². The first-order valence-corrected chi connectivity index (χ1v) is 10.6. The van der Waals surface area contributed by atoms with Crippen LogP contribution in [0.2, 0.25) is 0 Å². The summed E-state index contributed by atoms with van der Waals surface area (Å²) in [4.78, 5) is 0. The number of rotatable bonds is 1. The lowest BCUT2D eigenvalue weighted by molar-refractivity contribution is 0.249. The lowest BCUT2D eigenvalue weighted by atomic mass is 9.67. The Balaban J connectivity index is 1.43. The van der Waals surface area contributed by atoms with E-state index in [0.717, 1.165) is 28.3 Å². The topological polar surface area (TPSA) is 84.5 Å². The summed E-state index contributed by atoms with van der Waals surface area (Å²) in [5.74, 6) is 3.43. The van der Waals surface area contributed by atoms with Gasteiger partial charge in [-0.15, -0.1) is 0 Å². The predicted octanol–water partition coefficient (Wildman–Crippen LogP) is 4.33. The van der Waals surface area contributed by atoms with Crippen LogP contribution in [0.3, 0.4) is 0 Å². The number of benzene rings is 2. The third-order valence-electron chi connectivity index (χ3n) is 7.94. The molecule has 6 nitrogen and oxygen atoms in total. The van der Waals surface area contributed by atoms with E-state index in [2.05, 4.69) is 50.9 Å². The average molecular weight is 384 g/mol. The third kappa shape index (κ3) is 1.96. The lowest BCUT2D eigenvalue weighted by Crippen LogP contribution is -2.35. The van der Waals surface area contributed by atoms with Gasteiger partial charge in [-0.2, -0.15) is 10.2 Å². The van der Waals surface area contributed by atoms with Gasteiger partial charge in [-0.3, -0.25) is 9.78 Å². The number of anilines is 2. The van der Waals surface area contributed by atoms with Gasteiger partial charge >= 0.3 is 0 Å². The summed E-state index contributed by atoms with van der Waals surface area (Å²) in [5.41, 5.74) is 12.5. The van der Waals surface area contributed by atoms with Crippen molar-refractivity contribution in [1.82, 2.24) is 20.0 Å². The Bertz CT molecular complexity index is 1280. The highest BCUT2D eigenvalue weighted by Crippen LogP contribution is 2.64. The van der Waals surface area contributed by atoms with Crippen molar-refractivity contribution in [3.8, 4) is 0 Å². The number of hydrogen-bond acceptors (Lipinski definition) is 4. The number of nitrogen functional groups attached to an aromatic ring is 1. The molecule has 0 radical (unpaired) electrons. The van der Waals surface area contributed by atoms with Crippen molar-refractivity contribution < 1.29 is 0 Å². The zero-order chi connectivity index (χ0) is 19.3. The van der Waals surface area contributed by atoms with Crippen LogP contribution in [0.1, 0.15) is 42.3 Å². The summed E-state index contributed by atoms with van der Waals surface area (Å²) in [6.45, 7) is 0. The Hall–Kier alpha value is -3.02. The Morgan fingerprint density at radius 3 is 2.93 bits per heavy atom. The maximum atomic E-state index is 6.21. The van der Waals surface area contributed by atoms with Gasteiger partial charge in [0.15, 0.2) is 5.82 Å². The van der Waals surface area contributed by atoms with Gasteiger partial charge < -0.3 is 11.1 Å². The van der Waals surface area contributed by atoms with Gasteiger partial charge in [0.25, 0.3) is 0 Å². The molecule has 0 saturated heterocycles. The number of nitrogens with zero attached hydrogens (tertiary/aromatic N) is 3. The quantitative estimate of drug-likeness (QED) is 0.456. The van der Waals surface area contributed by atoms with E-state index in [-0.39, 0.29) is 0 Å². The number of aromatic amines is 1. The smallest absolute Gasteiger partial charge is 0.153 e. The molecule has 2 bridgehead atoms. The highest BCUT2D eigenvalue weighted by molar-refractivity contribution is 5.91. The van der Waals surface area contributed by atoms with Crippen LogP contribution in [0.25, 0.3) is 21.8 Å². The molecule has 4 aromatic rings. The van der Waals surface area contributed by atoms with E-state index >= 15 is 0 Å². The van der Waals surface area contributed by atoms with Gasteiger partial charge in [0.2, 0.25) is 0 Å². The average Bonchev–Trinajstić information content (AvgIpc) is 3.51. The second-order valence-electron chi connectivity index (χ2n) is 9.20. The Kier molecular flexibility index (Phi) is 2.91. The predicted molar refractivity (Wildman–Crippen MR) is 115 cm³/mol. The van der Waals surface area contributed by atoms with Gasteiger partial charge in [0, 0.05) is 23.5 Å². The number of hydrogen-bond donors (Lipinski definition) is 3. The molecule has 2 unspecified atom stereocenters. The third-order valence-corrected chi connectivity index (χ3v) is 7.94. The van der Waals surface area contributed by atoms with Gasteiger partial charge in [-0.25, -0.2) is 0 Å². The number of nitrogens with two attached hydrogens (primary N) is 1. The fraction of sp³-hybridized carbons (Fsp3) is 0.391. The van der Waals surface area contributed by atoms with Crippen LogP contribution in [-0.2, 0) is 7.05 Å². The first-order chi connectivity index (χ1) is 14.2. The molecule has 1 aliphatic heterocycles. The fourth-order valence-electron chi connectivity index (χ4n) is 6.84. The molecule has 4 N–H and O–H groups in total.